The Morgan fingerprint density at radius 3 is 2.59 bits per heavy atom. The molecule has 1 fully saturated rings. The van der Waals surface area contributed by atoms with E-state index in [0.717, 1.165) is 11.3 Å². The molecule has 1 aliphatic heterocycles. The van der Waals surface area contributed by atoms with E-state index in [-0.39, 0.29) is 16.5 Å². The average Bonchev–Trinajstić information content (AvgIpc) is 3.36. The van der Waals surface area contributed by atoms with E-state index in [4.69, 9.17) is 16.3 Å². The second-order valence-electron chi connectivity index (χ2n) is 7.53. The first kappa shape index (κ1) is 22.1. The molecule has 1 N–H and O–H groups in total. The molecule has 3 aromatic carbocycles. The third-order valence-electron chi connectivity index (χ3n) is 5.54. The van der Waals surface area contributed by atoms with E-state index in [1.54, 1.807) is 48.5 Å². The Morgan fingerprint density at radius 2 is 1.85 bits per heavy atom. The number of nitrogens with zero attached hydrogens (tertiary/aromatic N) is 2. The highest BCUT2D eigenvalue weighted by molar-refractivity contribution is 7.22. The summed E-state index contributed by atoms with van der Waals surface area (Å²) in [6.07, 6.45) is 0. The van der Waals surface area contributed by atoms with Crippen molar-refractivity contribution in [1.29, 1.82) is 0 Å². The first-order valence-corrected chi connectivity index (χ1v) is 11.3. The predicted molar refractivity (Wildman–Crippen MR) is 129 cm³/mol. The molecular formula is C25H16ClFN2O4S. The number of anilines is 1. The summed E-state index contributed by atoms with van der Waals surface area (Å²) in [6.45, 7) is 0. The van der Waals surface area contributed by atoms with Gasteiger partial charge in [0, 0.05) is 16.1 Å². The number of ketones is 1. The number of Topliss-reactive ketones (excluding diaryl/α,β-unsaturated/α-hetero) is 1. The molecule has 5 rings (SSSR count). The number of thiazole rings is 1. The zero-order valence-electron chi connectivity index (χ0n) is 17.7. The van der Waals surface area contributed by atoms with E-state index in [0.29, 0.717) is 32.1 Å². The number of hydrogen-bond acceptors (Lipinski definition) is 6. The minimum atomic E-state index is -1.02. The van der Waals surface area contributed by atoms with Crippen LogP contribution >= 0.6 is 22.9 Å². The van der Waals surface area contributed by atoms with Crippen molar-refractivity contribution in [1.82, 2.24) is 4.98 Å². The number of ether oxygens (including phenoxy) is 1. The lowest BCUT2D eigenvalue weighted by Gasteiger charge is -2.24. The van der Waals surface area contributed by atoms with E-state index >= 15 is 0 Å². The van der Waals surface area contributed by atoms with Gasteiger partial charge in [-0.3, -0.25) is 14.5 Å². The fourth-order valence-corrected chi connectivity index (χ4v) is 5.11. The molecule has 34 heavy (non-hydrogen) atoms. The van der Waals surface area contributed by atoms with Crippen LogP contribution in [0.2, 0.25) is 5.02 Å². The maximum atomic E-state index is 13.8. The predicted octanol–water partition coefficient (Wildman–Crippen LogP) is 5.72. The molecule has 1 amide bonds. The van der Waals surface area contributed by atoms with E-state index < -0.39 is 23.5 Å². The molecular weight excluding hydrogens is 479 g/mol. The Kier molecular flexibility index (Phi) is 5.55. The van der Waals surface area contributed by atoms with Crippen LogP contribution in [0.1, 0.15) is 17.2 Å². The molecule has 9 heteroatoms. The number of rotatable bonds is 4. The summed E-state index contributed by atoms with van der Waals surface area (Å²) in [4.78, 5) is 32.3. The molecule has 1 saturated heterocycles. The van der Waals surface area contributed by atoms with Crippen LogP contribution in [0, 0.1) is 5.82 Å². The molecule has 170 valence electrons. The van der Waals surface area contributed by atoms with Gasteiger partial charge in [-0.15, -0.1) is 0 Å². The first-order valence-electron chi connectivity index (χ1n) is 10.1. The Morgan fingerprint density at radius 1 is 1.12 bits per heavy atom. The number of amides is 1. The highest BCUT2D eigenvalue weighted by Gasteiger charge is 2.49. The van der Waals surface area contributed by atoms with Crippen LogP contribution in [0.5, 0.6) is 5.75 Å². The normalized spacial score (nSPS) is 17.5. The number of benzene rings is 3. The van der Waals surface area contributed by atoms with Crippen molar-refractivity contribution in [2.45, 2.75) is 6.04 Å². The van der Waals surface area contributed by atoms with Gasteiger partial charge in [-0.1, -0.05) is 41.1 Å². The number of aliphatic hydroxyl groups is 1. The summed E-state index contributed by atoms with van der Waals surface area (Å²) in [5.74, 6) is -2.08. The molecule has 0 bridgehead atoms. The van der Waals surface area contributed by atoms with Gasteiger partial charge in [0.1, 0.15) is 23.4 Å². The van der Waals surface area contributed by atoms with Gasteiger partial charge in [-0.25, -0.2) is 9.37 Å². The van der Waals surface area contributed by atoms with Crippen molar-refractivity contribution in [3.8, 4) is 5.75 Å². The smallest absolute Gasteiger partial charge is 0.301 e. The Labute approximate surface area is 202 Å². The molecule has 6 nitrogen and oxygen atoms in total. The minimum Gasteiger partial charge on any atom is -0.507 e. The molecule has 1 aliphatic rings. The molecule has 0 saturated carbocycles. The number of para-hydroxylation sites is 1. The van der Waals surface area contributed by atoms with Crippen LogP contribution in [0.4, 0.5) is 9.52 Å². The number of halogens is 2. The van der Waals surface area contributed by atoms with Crippen molar-refractivity contribution in [2.24, 2.45) is 0 Å². The van der Waals surface area contributed by atoms with E-state index in [1.807, 2.05) is 0 Å². The summed E-state index contributed by atoms with van der Waals surface area (Å²) >= 11 is 7.05. The van der Waals surface area contributed by atoms with E-state index in [9.17, 15) is 19.1 Å². The summed E-state index contributed by atoms with van der Waals surface area (Å²) in [6, 6.07) is 16.3. The van der Waals surface area contributed by atoms with Crippen molar-refractivity contribution in [3.05, 3.63) is 94.3 Å². The number of aromatic nitrogens is 1. The summed E-state index contributed by atoms with van der Waals surface area (Å²) < 4.78 is 19.8. The van der Waals surface area contributed by atoms with Crippen molar-refractivity contribution in [3.63, 3.8) is 0 Å². The zero-order chi connectivity index (χ0) is 24.0. The second-order valence-corrected chi connectivity index (χ2v) is 8.97. The highest BCUT2D eigenvalue weighted by Crippen LogP contribution is 2.46. The van der Waals surface area contributed by atoms with Gasteiger partial charge >= 0.3 is 5.91 Å². The highest BCUT2D eigenvalue weighted by atomic mass is 35.5. The van der Waals surface area contributed by atoms with E-state index in [1.165, 1.54) is 30.2 Å². The third-order valence-corrected chi connectivity index (χ3v) is 6.81. The maximum Gasteiger partial charge on any atom is 0.301 e. The quantitative estimate of drug-likeness (QED) is 0.223. The number of aliphatic hydroxyl groups excluding tert-OH is 1. The second kappa shape index (κ2) is 8.55. The summed E-state index contributed by atoms with van der Waals surface area (Å²) in [7, 11) is 1.48. The topological polar surface area (TPSA) is 79.7 Å². The van der Waals surface area contributed by atoms with Gasteiger partial charge in [-0.05, 0) is 48.5 Å². The minimum absolute atomic E-state index is 0.109. The Bertz CT molecular complexity index is 1480. The van der Waals surface area contributed by atoms with Crippen molar-refractivity contribution in [2.75, 3.05) is 12.0 Å². The van der Waals surface area contributed by atoms with Crippen LogP contribution < -0.4 is 9.64 Å². The van der Waals surface area contributed by atoms with Gasteiger partial charge in [0.05, 0.1) is 22.9 Å². The fraction of sp³-hybridized carbons (Fsp3) is 0.0800. The largest absolute Gasteiger partial charge is 0.507 e. The Hall–Kier alpha value is -3.75. The van der Waals surface area contributed by atoms with E-state index in [2.05, 4.69) is 4.98 Å². The lowest BCUT2D eigenvalue weighted by molar-refractivity contribution is -0.132. The number of methoxy groups -OCH3 is 1. The zero-order valence-corrected chi connectivity index (χ0v) is 19.2. The lowest BCUT2D eigenvalue weighted by Crippen LogP contribution is -2.29. The summed E-state index contributed by atoms with van der Waals surface area (Å²) in [5.41, 5.74) is 1.20. The molecule has 0 spiro atoms. The molecule has 1 aromatic heterocycles. The van der Waals surface area contributed by atoms with Gasteiger partial charge in [0.25, 0.3) is 5.78 Å². The van der Waals surface area contributed by atoms with Crippen molar-refractivity contribution >= 4 is 55.7 Å². The average molecular weight is 495 g/mol. The molecule has 1 atom stereocenters. The van der Waals surface area contributed by atoms with Gasteiger partial charge in [0.15, 0.2) is 5.13 Å². The fourth-order valence-electron chi connectivity index (χ4n) is 3.97. The number of fused-ring (bicyclic) bond motifs is 1. The van der Waals surface area contributed by atoms with Crippen LogP contribution in [-0.2, 0) is 9.59 Å². The van der Waals surface area contributed by atoms with Gasteiger partial charge in [0.2, 0.25) is 0 Å². The van der Waals surface area contributed by atoms with Crippen LogP contribution in [0.15, 0.2) is 72.3 Å². The first-order chi connectivity index (χ1) is 16.4. The van der Waals surface area contributed by atoms with Crippen LogP contribution in [0.3, 0.4) is 0 Å². The molecule has 2 heterocycles. The molecule has 1 unspecified atom stereocenters. The maximum absolute atomic E-state index is 13.8. The molecule has 0 radical (unpaired) electrons. The van der Waals surface area contributed by atoms with Gasteiger partial charge in [-0.2, -0.15) is 0 Å². The number of hydrogen-bond donors (Lipinski definition) is 1. The van der Waals surface area contributed by atoms with Gasteiger partial charge < -0.3 is 9.84 Å². The molecule has 0 aliphatic carbocycles. The monoisotopic (exact) mass is 494 g/mol. The van der Waals surface area contributed by atoms with Crippen molar-refractivity contribution < 1.29 is 23.8 Å². The summed E-state index contributed by atoms with van der Waals surface area (Å²) in [5, 5.41) is 11.8. The Balaban J connectivity index is 1.76. The standard InChI is InChI=1S/C25H16ClFN2O4S/c1-33-18-5-3-2-4-16(18)21-20(22(30)13-6-8-14(26)9-7-13)23(31)24(32)29(21)25-28-17-11-10-15(27)12-19(17)34-25/h2-12,21,30H,1H3. The SMILES string of the molecule is COc1ccccc1C1C(=C(O)c2ccc(Cl)cc2)C(=O)C(=O)N1c1nc2ccc(F)cc2s1. The number of carbonyl (C=O) groups is 2. The van der Waals surface area contributed by atoms with Crippen LogP contribution in [-0.4, -0.2) is 28.9 Å². The molecule has 4 aromatic rings. The third kappa shape index (κ3) is 3.61. The van der Waals surface area contributed by atoms with Crippen LogP contribution in [0.25, 0.3) is 16.0 Å². The number of carbonyl (C=O) groups excluding carboxylic acids is 2. The lowest BCUT2D eigenvalue weighted by atomic mass is 9.95.